The van der Waals surface area contributed by atoms with E-state index in [2.05, 4.69) is 35.1 Å². The molecule has 4 heteroatoms. The number of carbonyl (C=O) groups excluding carboxylic acids is 1. The molecule has 0 unspecified atom stereocenters. The first-order valence-corrected chi connectivity index (χ1v) is 7.86. The molecule has 2 nitrogen and oxygen atoms in total. The van der Waals surface area contributed by atoms with Crippen molar-refractivity contribution in [2.75, 3.05) is 6.54 Å². The molecule has 1 amide bonds. The average molecular weight is 367 g/mol. The summed E-state index contributed by atoms with van der Waals surface area (Å²) >= 11 is 9.43. The van der Waals surface area contributed by atoms with E-state index >= 15 is 0 Å². The molecule has 0 saturated heterocycles. The average Bonchev–Trinajstić information content (AvgIpc) is 2.45. The van der Waals surface area contributed by atoms with Crippen LogP contribution in [-0.2, 0) is 5.41 Å². The summed E-state index contributed by atoms with van der Waals surface area (Å²) < 4.78 is 0.795. The van der Waals surface area contributed by atoms with Gasteiger partial charge in [0.2, 0.25) is 0 Å². The van der Waals surface area contributed by atoms with E-state index in [0.717, 1.165) is 10.0 Å². The van der Waals surface area contributed by atoms with Crippen molar-refractivity contribution in [2.24, 2.45) is 0 Å². The molecule has 110 valence electrons. The number of benzene rings is 2. The first kappa shape index (κ1) is 16.1. The van der Waals surface area contributed by atoms with Gasteiger partial charge in [-0.2, -0.15) is 0 Å². The van der Waals surface area contributed by atoms with Crippen molar-refractivity contribution in [3.8, 4) is 0 Å². The minimum Gasteiger partial charge on any atom is -0.351 e. The highest BCUT2D eigenvalue weighted by Gasteiger charge is 2.22. The molecule has 0 aliphatic heterocycles. The topological polar surface area (TPSA) is 29.1 Å². The molecule has 0 aliphatic rings. The van der Waals surface area contributed by atoms with Gasteiger partial charge in [-0.1, -0.05) is 49.7 Å². The van der Waals surface area contributed by atoms with Crippen molar-refractivity contribution in [1.29, 1.82) is 0 Å². The molecule has 0 aliphatic carbocycles. The maximum Gasteiger partial charge on any atom is 0.252 e. The van der Waals surface area contributed by atoms with E-state index < -0.39 is 0 Å². The molecule has 1 N–H and O–H groups in total. The lowest BCUT2D eigenvalue weighted by molar-refractivity contribution is 0.0945. The summed E-state index contributed by atoms with van der Waals surface area (Å²) in [6.07, 6.45) is 0. The summed E-state index contributed by atoms with van der Waals surface area (Å²) in [7, 11) is 0. The molecule has 0 spiro atoms. The fourth-order valence-electron chi connectivity index (χ4n) is 2.05. The second-order valence-electron chi connectivity index (χ2n) is 5.56. The van der Waals surface area contributed by atoms with Crippen molar-refractivity contribution in [1.82, 2.24) is 5.32 Å². The minimum absolute atomic E-state index is 0.0856. The molecule has 0 heterocycles. The molecule has 0 fully saturated rings. The van der Waals surface area contributed by atoms with Crippen LogP contribution in [0.2, 0.25) is 5.02 Å². The van der Waals surface area contributed by atoms with E-state index in [1.54, 1.807) is 6.07 Å². The number of carbonyl (C=O) groups is 1. The number of halogens is 2. The summed E-state index contributed by atoms with van der Waals surface area (Å²) in [4.78, 5) is 12.2. The number of hydrogen-bond acceptors (Lipinski definition) is 1. The quantitative estimate of drug-likeness (QED) is 0.826. The molecule has 21 heavy (non-hydrogen) atoms. The Hall–Kier alpha value is -1.32. The maximum absolute atomic E-state index is 12.2. The van der Waals surface area contributed by atoms with Crippen molar-refractivity contribution >= 4 is 33.4 Å². The van der Waals surface area contributed by atoms with Crippen LogP contribution < -0.4 is 5.32 Å². The Labute approximate surface area is 138 Å². The minimum atomic E-state index is -0.193. The van der Waals surface area contributed by atoms with Crippen molar-refractivity contribution in [3.63, 3.8) is 0 Å². The lowest BCUT2D eigenvalue weighted by atomic mass is 9.84. The van der Waals surface area contributed by atoms with E-state index in [1.165, 1.54) is 0 Å². The van der Waals surface area contributed by atoms with Crippen molar-refractivity contribution in [3.05, 3.63) is 69.2 Å². The van der Waals surface area contributed by atoms with Gasteiger partial charge in [0.1, 0.15) is 0 Å². The van der Waals surface area contributed by atoms with E-state index in [0.29, 0.717) is 17.1 Å². The van der Waals surface area contributed by atoms with Crippen LogP contribution in [0.1, 0.15) is 29.8 Å². The second-order valence-corrected chi connectivity index (χ2v) is 6.85. The Morgan fingerprint density at radius 1 is 1.19 bits per heavy atom. The Morgan fingerprint density at radius 3 is 2.57 bits per heavy atom. The second kappa shape index (κ2) is 6.63. The van der Waals surface area contributed by atoms with E-state index in [1.807, 2.05) is 42.5 Å². The Morgan fingerprint density at radius 2 is 1.90 bits per heavy atom. The first-order valence-electron chi connectivity index (χ1n) is 6.69. The number of hydrogen-bond donors (Lipinski definition) is 1. The smallest absolute Gasteiger partial charge is 0.252 e. The van der Waals surface area contributed by atoms with Gasteiger partial charge in [0.25, 0.3) is 5.91 Å². The molecule has 0 saturated carbocycles. The van der Waals surface area contributed by atoms with Gasteiger partial charge in [-0.05, 0) is 45.8 Å². The van der Waals surface area contributed by atoms with E-state index in [4.69, 9.17) is 11.6 Å². The predicted molar refractivity (Wildman–Crippen MR) is 91.0 cm³/mol. The standard InChI is InChI=1S/C17H17BrClNO/c1-17(2,12-6-5-7-13(19)10-12)11-20-16(21)14-8-3-4-9-15(14)18/h3-10H,11H2,1-2H3,(H,20,21). The normalized spacial score (nSPS) is 11.2. The molecule has 0 radical (unpaired) electrons. The third-order valence-electron chi connectivity index (χ3n) is 3.42. The molecule has 2 aromatic carbocycles. The highest BCUT2D eigenvalue weighted by molar-refractivity contribution is 9.10. The molecule has 0 atom stereocenters. The lowest BCUT2D eigenvalue weighted by Crippen LogP contribution is -2.36. The van der Waals surface area contributed by atoms with Gasteiger partial charge in [-0.3, -0.25) is 4.79 Å². The van der Waals surface area contributed by atoms with Gasteiger partial charge in [0.05, 0.1) is 5.56 Å². The zero-order valence-electron chi connectivity index (χ0n) is 12.0. The summed E-state index contributed by atoms with van der Waals surface area (Å²) in [6, 6.07) is 15.1. The first-order chi connectivity index (χ1) is 9.90. The Balaban J connectivity index is 2.08. The summed E-state index contributed by atoms with van der Waals surface area (Å²) in [5.41, 5.74) is 1.55. The van der Waals surface area contributed by atoms with Gasteiger partial charge in [0, 0.05) is 21.5 Å². The van der Waals surface area contributed by atoms with Crippen LogP contribution in [-0.4, -0.2) is 12.5 Å². The van der Waals surface area contributed by atoms with Crippen molar-refractivity contribution < 1.29 is 4.79 Å². The van der Waals surface area contributed by atoms with Gasteiger partial charge < -0.3 is 5.32 Å². The molecular weight excluding hydrogens is 350 g/mol. The zero-order valence-corrected chi connectivity index (χ0v) is 14.3. The highest BCUT2D eigenvalue weighted by atomic mass is 79.9. The van der Waals surface area contributed by atoms with Crippen LogP contribution in [0.4, 0.5) is 0 Å². The summed E-state index contributed by atoms with van der Waals surface area (Å²) in [5, 5.41) is 3.69. The lowest BCUT2D eigenvalue weighted by Gasteiger charge is -2.26. The molecule has 2 aromatic rings. The van der Waals surface area contributed by atoms with Crippen LogP contribution in [0, 0.1) is 0 Å². The zero-order chi connectivity index (χ0) is 15.5. The van der Waals surface area contributed by atoms with Gasteiger partial charge in [-0.25, -0.2) is 0 Å². The third-order valence-corrected chi connectivity index (χ3v) is 4.34. The number of nitrogens with one attached hydrogen (secondary N) is 1. The summed E-state index contributed by atoms with van der Waals surface area (Å²) in [5.74, 6) is -0.0856. The predicted octanol–water partition coefficient (Wildman–Crippen LogP) is 4.81. The van der Waals surface area contributed by atoms with Crippen LogP contribution in [0.3, 0.4) is 0 Å². The van der Waals surface area contributed by atoms with E-state index in [-0.39, 0.29) is 11.3 Å². The van der Waals surface area contributed by atoms with Crippen LogP contribution in [0.5, 0.6) is 0 Å². The van der Waals surface area contributed by atoms with E-state index in [9.17, 15) is 4.79 Å². The fraction of sp³-hybridized carbons (Fsp3) is 0.235. The van der Waals surface area contributed by atoms with Crippen LogP contribution >= 0.6 is 27.5 Å². The van der Waals surface area contributed by atoms with Crippen LogP contribution in [0.15, 0.2) is 53.0 Å². The maximum atomic E-state index is 12.2. The van der Waals surface area contributed by atoms with Gasteiger partial charge >= 0.3 is 0 Å². The molecule has 2 rings (SSSR count). The fourth-order valence-corrected chi connectivity index (χ4v) is 2.71. The van der Waals surface area contributed by atoms with Crippen LogP contribution in [0.25, 0.3) is 0 Å². The number of amides is 1. The third kappa shape index (κ3) is 4.08. The largest absolute Gasteiger partial charge is 0.351 e. The molecular formula is C17H17BrClNO. The Kier molecular flexibility index (Phi) is 5.07. The monoisotopic (exact) mass is 365 g/mol. The van der Waals surface area contributed by atoms with Gasteiger partial charge in [0.15, 0.2) is 0 Å². The van der Waals surface area contributed by atoms with Gasteiger partial charge in [-0.15, -0.1) is 0 Å². The molecule has 0 aromatic heterocycles. The molecule has 0 bridgehead atoms. The highest BCUT2D eigenvalue weighted by Crippen LogP contribution is 2.25. The Bertz CT molecular complexity index is 655. The SMILES string of the molecule is CC(C)(CNC(=O)c1ccccc1Br)c1cccc(Cl)c1. The number of rotatable bonds is 4. The summed E-state index contributed by atoms with van der Waals surface area (Å²) in [6.45, 7) is 4.70. The van der Waals surface area contributed by atoms with Crippen molar-refractivity contribution in [2.45, 2.75) is 19.3 Å².